The normalized spacial score (nSPS) is 22.9. The van der Waals surface area contributed by atoms with E-state index in [0.717, 1.165) is 30.0 Å². The highest BCUT2D eigenvalue weighted by Crippen LogP contribution is 2.38. The molecule has 94 valence electrons. The summed E-state index contributed by atoms with van der Waals surface area (Å²) in [5.41, 5.74) is -0.0607. The molecule has 2 atom stereocenters. The molecule has 0 saturated heterocycles. The molecule has 1 aliphatic carbocycles. The van der Waals surface area contributed by atoms with Crippen molar-refractivity contribution in [3.8, 4) is 0 Å². The van der Waals surface area contributed by atoms with Gasteiger partial charge in [0, 0.05) is 25.6 Å². The minimum absolute atomic E-state index is 0.0607. The van der Waals surface area contributed by atoms with Crippen LogP contribution >= 0.6 is 0 Å². The molecule has 0 amide bonds. The van der Waals surface area contributed by atoms with Crippen molar-refractivity contribution in [2.24, 2.45) is 11.8 Å². The van der Waals surface area contributed by atoms with Crippen LogP contribution in [0.2, 0.25) is 0 Å². The molecule has 17 heavy (non-hydrogen) atoms. The third kappa shape index (κ3) is 2.87. The quantitative estimate of drug-likeness (QED) is 0.868. The number of aromatic amines is 1. The van der Waals surface area contributed by atoms with Gasteiger partial charge in [0.25, 0.3) is 5.56 Å². The summed E-state index contributed by atoms with van der Waals surface area (Å²) >= 11 is 0. The average molecular weight is 235 g/mol. The summed E-state index contributed by atoms with van der Waals surface area (Å²) < 4.78 is 0. The summed E-state index contributed by atoms with van der Waals surface area (Å²) in [6.45, 7) is 7.33. The third-order valence-electron chi connectivity index (χ3n) is 3.47. The number of hydrogen-bond acceptors (Lipinski definition) is 3. The van der Waals surface area contributed by atoms with Crippen LogP contribution in [0.3, 0.4) is 0 Å². The van der Waals surface area contributed by atoms with Gasteiger partial charge in [0.1, 0.15) is 11.6 Å². The molecular formula is C13H21N3O. The van der Waals surface area contributed by atoms with E-state index in [1.54, 1.807) is 6.07 Å². The summed E-state index contributed by atoms with van der Waals surface area (Å²) in [6, 6.07) is 1.58. The number of H-pyrrole nitrogens is 1. The molecule has 0 aromatic carbocycles. The first-order valence-electron chi connectivity index (χ1n) is 6.29. The van der Waals surface area contributed by atoms with Crippen molar-refractivity contribution >= 4 is 5.82 Å². The largest absolute Gasteiger partial charge is 0.359 e. The molecule has 1 aromatic heterocycles. The van der Waals surface area contributed by atoms with Crippen LogP contribution in [-0.4, -0.2) is 23.6 Å². The van der Waals surface area contributed by atoms with E-state index in [4.69, 9.17) is 0 Å². The molecule has 2 unspecified atom stereocenters. The smallest absolute Gasteiger partial charge is 0.252 e. The highest BCUT2D eigenvalue weighted by molar-refractivity contribution is 5.37. The van der Waals surface area contributed by atoms with Crippen LogP contribution in [0, 0.1) is 11.8 Å². The van der Waals surface area contributed by atoms with Crippen LogP contribution in [0.25, 0.3) is 0 Å². The fourth-order valence-corrected chi connectivity index (χ4v) is 2.03. The fraction of sp³-hybridized carbons (Fsp3) is 0.692. The summed E-state index contributed by atoms with van der Waals surface area (Å²) in [4.78, 5) is 21.0. The summed E-state index contributed by atoms with van der Waals surface area (Å²) in [5.74, 6) is 3.39. The molecule has 0 bridgehead atoms. The zero-order chi connectivity index (χ0) is 12.6. The monoisotopic (exact) mass is 235 g/mol. The molecule has 4 heteroatoms. The highest BCUT2D eigenvalue weighted by Gasteiger charge is 2.33. The van der Waals surface area contributed by atoms with Crippen molar-refractivity contribution < 1.29 is 0 Å². The van der Waals surface area contributed by atoms with Gasteiger partial charge >= 0.3 is 0 Å². The number of nitrogens with one attached hydrogen (secondary N) is 1. The Morgan fingerprint density at radius 1 is 1.59 bits per heavy atom. The predicted molar refractivity (Wildman–Crippen MR) is 69.5 cm³/mol. The van der Waals surface area contributed by atoms with E-state index in [-0.39, 0.29) is 11.5 Å². The van der Waals surface area contributed by atoms with Crippen LogP contribution in [0.15, 0.2) is 10.9 Å². The van der Waals surface area contributed by atoms with E-state index in [9.17, 15) is 4.79 Å². The van der Waals surface area contributed by atoms with Gasteiger partial charge in [-0.3, -0.25) is 4.79 Å². The number of rotatable bonds is 4. The first-order valence-corrected chi connectivity index (χ1v) is 6.29. The summed E-state index contributed by atoms with van der Waals surface area (Å²) in [6.07, 6.45) is 1.30. The van der Waals surface area contributed by atoms with E-state index in [1.165, 1.54) is 6.42 Å². The lowest BCUT2D eigenvalue weighted by molar-refractivity contribution is 0.705. The topological polar surface area (TPSA) is 49.0 Å². The van der Waals surface area contributed by atoms with Gasteiger partial charge in [0.15, 0.2) is 0 Å². The van der Waals surface area contributed by atoms with Crippen molar-refractivity contribution in [3.05, 3.63) is 22.2 Å². The molecule has 1 fully saturated rings. The van der Waals surface area contributed by atoms with E-state index < -0.39 is 0 Å². The van der Waals surface area contributed by atoms with Crippen LogP contribution < -0.4 is 10.5 Å². The maximum Gasteiger partial charge on any atom is 0.252 e. The molecule has 0 radical (unpaired) electrons. The Hall–Kier alpha value is -1.32. The van der Waals surface area contributed by atoms with Gasteiger partial charge in [-0.1, -0.05) is 20.8 Å². The van der Waals surface area contributed by atoms with E-state index in [2.05, 4.69) is 21.8 Å². The van der Waals surface area contributed by atoms with Crippen LogP contribution in [0.4, 0.5) is 5.82 Å². The van der Waals surface area contributed by atoms with Crippen molar-refractivity contribution in [1.82, 2.24) is 9.97 Å². The van der Waals surface area contributed by atoms with Gasteiger partial charge in [-0.05, 0) is 18.3 Å². The predicted octanol–water partition coefficient (Wildman–Crippen LogP) is 1.99. The molecule has 1 aliphatic rings. The number of nitrogens with zero attached hydrogens (tertiary/aromatic N) is 2. The van der Waals surface area contributed by atoms with Crippen LogP contribution in [0.1, 0.15) is 38.9 Å². The molecule has 2 rings (SSSR count). The molecule has 4 nitrogen and oxygen atoms in total. The van der Waals surface area contributed by atoms with Crippen molar-refractivity contribution in [1.29, 1.82) is 0 Å². The van der Waals surface area contributed by atoms with E-state index in [1.807, 2.05) is 20.9 Å². The standard InChI is InChI=1S/C13H21N3O/c1-8(2)13-14-11(6-12(17)15-13)16(4)7-10-5-9(10)3/h6,8-10H,5,7H2,1-4H3,(H,14,15,17). The molecule has 1 saturated carbocycles. The number of aromatic nitrogens is 2. The fourth-order valence-electron chi connectivity index (χ4n) is 2.03. The maximum atomic E-state index is 11.6. The first-order chi connectivity index (χ1) is 7.97. The van der Waals surface area contributed by atoms with Crippen molar-refractivity contribution in [2.45, 2.75) is 33.1 Å². The second kappa shape index (κ2) is 4.51. The van der Waals surface area contributed by atoms with Gasteiger partial charge in [-0.2, -0.15) is 0 Å². The molecule has 1 aromatic rings. The lowest BCUT2D eigenvalue weighted by Gasteiger charge is -2.19. The highest BCUT2D eigenvalue weighted by atomic mass is 16.1. The third-order valence-corrected chi connectivity index (χ3v) is 3.47. The second-order valence-corrected chi connectivity index (χ2v) is 5.50. The van der Waals surface area contributed by atoms with Crippen LogP contribution in [0.5, 0.6) is 0 Å². The van der Waals surface area contributed by atoms with Gasteiger partial charge in [-0.15, -0.1) is 0 Å². The van der Waals surface area contributed by atoms with Gasteiger partial charge in [-0.25, -0.2) is 4.98 Å². The Kier molecular flexibility index (Phi) is 3.22. The lowest BCUT2D eigenvalue weighted by atomic mass is 10.2. The first kappa shape index (κ1) is 12.1. The zero-order valence-corrected chi connectivity index (χ0v) is 11.0. The van der Waals surface area contributed by atoms with E-state index in [0.29, 0.717) is 0 Å². The lowest BCUT2D eigenvalue weighted by Crippen LogP contribution is -2.25. The Balaban J connectivity index is 2.16. The molecule has 1 N–H and O–H groups in total. The number of anilines is 1. The summed E-state index contributed by atoms with van der Waals surface area (Å²) in [5, 5.41) is 0. The second-order valence-electron chi connectivity index (χ2n) is 5.50. The minimum atomic E-state index is -0.0607. The molecule has 1 heterocycles. The Labute approximate surface area is 102 Å². The molecule has 0 aliphatic heterocycles. The summed E-state index contributed by atoms with van der Waals surface area (Å²) in [7, 11) is 2.01. The Morgan fingerprint density at radius 3 is 2.76 bits per heavy atom. The minimum Gasteiger partial charge on any atom is -0.359 e. The Morgan fingerprint density at radius 2 is 2.24 bits per heavy atom. The van der Waals surface area contributed by atoms with Gasteiger partial charge in [0.05, 0.1) is 0 Å². The molecule has 0 spiro atoms. The maximum absolute atomic E-state index is 11.6. The SMILES string of the molecule is CC(C)c1nc(N(C)CC2CC2C)cc(=O)[nH]1. The Bertz CT molecular complexity index is 452. The molecular weight excluding hydrogens is 214 g/mol. The van der Waals surface area contributed by atoms with Gasteiger partial charge in [0.2, 0.25) is 0 Å². The zero-order valence-electron chi connectivity index (χ0n) is 11.0. The average Bonchev–Trinajstić information content (AvgIpc) is 2.93. The van der Waals surface area contributed by atoms with Crippen molar-refractivity contribution in [2.75, 3.05) is 18.5 Å². The van der Waals surface area contributed by atoms with Gasteiger partial charge < -0.3 is 9.88 Å². The van der Waals surface area contributed by atoms with Crippen molar-refractivity contribution in [3.63, 3.8) is 0 Å². The van der Waals surface area contributed by atoms with Crippen LogP contribution in [-0.2, 0) is 0 Å². The number of hydrogen-bond donors (Lipinski definition) is 1. The van der Waals surface area contributed by atoms with E-state index >= 15 is 0 Å².